The standard InChI is InChI=1S/C26H23Cl3N2O2/c1-26(12-5-13-31(26)16-17-8-10-21(28)22(29)14-17)25(33)30-23-11-9-19(27)15-20(23)24(32)18-6-3-2-4-7-18/h2-4,6-11,14-15H,5,12-13,16H2,1H3,(H,30,33). The topological polar surface area (TPSA) is 49.4 Å². The molecule has 1 saturated heterocycles. The van der Waals surface area contributed by atoms with Crippen molar-refractivity contribution in [1.29, 1.82) is 0 Å². The Labute approximate surface area is 208 Å². The fraction of sp³-hybridized carbons (Fsp3) is 0.231. The molecule has 0 saturated carbocycles. The lowest BCUT2D eigenvalue weighted by molar-refractivity contribution is -0.125. The van der Waals surface area contributed by atoms with Crippen LogP contribution in [-0.2, 0) is 11.3 Å². The van der Waals surface area contributed by atoms with Crippen molar-refractivity contribution in [3.05, 3.63) is 98.5 Å². The highest BCUT2D eigenvalue weighted by Crippen LogP contribution is 2.34. The van der Waals surface area contributed by atoms with Gasteiger partial charge >= 0.3 is 0 Å². The Morgan fingerprint density at radius 2 is 1.73 bits per heavy atom. The molecule has 1 aliphatic heterocycles. The van der Waals surface area contributed by atoms with E-state index in [-0.39, 0.29) is 11.7 Å². The van der Waals surface area contributed by atoms with Gasteiger partial charge in [-0.05, 0) is 62.2 Å². The highest BCUT2D eigenvalue weighted by Gasteiger charge is 2.43. The van der Waals surface area contributed by atoms with Gasteiger partial charge in [0.25, 0.3) is 0 Å². The molecule has 0 radical (unpaired) electrons. The average Bonchev–Trinajstić information content (AvgIpc) is 3.19. The molecule has 3 aromatic rings. The number of halogens is 3. The molecule has 1 aliphatic rings. The first-order valence-electron chi connectivity index (χ1n) is 10.7. The monoisotopic (exact) mass is 500 g/mol. The Morgan fingerprint density at radius 3 is 2.45 bits per heavy atom. The van der Waals surface area contributed by atoms with Gasteiger partial charge < -0.3 is 5.32 Å². The third-order valence-corrected chi connectivity index (χ3v) is 7.12. The number of hydrogen-bond acceptors (Lipinski definition) is 3. The van der Waals surface area contributed by atoms with Crippen LogP contribution in [0.3, 0.4) is 0 Å². The van der Waals surface area contributed by atoms with Gasteiger partial charge in [-0.15, -0.1) is 0 Å². The van der Waals surface area contributed by atoms with E-state index >= 15 is 0 Å². The summed E-state index contributed by atoms with van der Waals surface area (Å²) in [5.41, 5.74) is 1.58. The fourth-order valence-electron chi connectivity index (χ4n) is 4.20. The first-order valence-corrected chi connectivity index (χ1v) is 11.8. The molecule has 0 aliphatic carbocycles. The highest BCUT2D eigenvalue weighted by atomic mass is 35.5. The van der Waals surface area contributed by atoms with E-state index in [1.165, 1.54) is 0 Å². The van der Waals surface area contributed by atoms with Gasteiger partial charge in [0, 0.05) is 22.7 Å². The quantitative estimate of drug-likeness (QED) is 0.375. The molecule has 4 rings (SSSR count). The maximum Gasteiger partial charge on any atom is 0.244 e. The Kier molecular flexibility index (Phi) is 7.10. The lowest BCUT2D eigenvalue weighted by Crippen LogP contribution is -2.50. The molecular weight excluding hydrogens is 479 g/mol. The average molecular weight is 502 g/mol. The van der Waals surface area contributed by atoms with E-state index in [9.17, 15) is 9.59 Å². The van der Waals surface area contributed by atoms with Crippen molar-refractivity contribution in [2.45, 2.75) is 31.8 Å². The van der Waals surface area contributed by atoms with Crippen molar-refractivity contribution in [2.24, 2.45) is 0 Å². The summed E-state index contributed by atoms with van der Waals surface area (Å²) >= 11 is 18.4. The van der Waals surface area contributed by atoms with Crippen LogP contribution in [0.15, 0.2) is 66.7 Å². The maximum atomic E-state index is 13.5. The molecule has 1 N–H and O–H groups in total. The number of benzene rings is 3. The summed E-state index contributed by atoms with van der Waals surface area (Å²) in [7, 11) is 0. The van der Waals surface area contributed by atoms with Crippen LogP contribution in [0.5, 0.6) is 0 Å². The van der Waals surface area contributed by atoms with Crippen molar-refractivity contribution >= 4 is 52.2 Å². The normalized spacial score (nSPS) is 18.3. The molecule has 3 aromatic carbocycles. The van der Waals surface area contributed by atoms with E-state index in [1.54, 1.807) is 48.5 Å². The van der Waals surface area contributed by atoms with Gasteiger partial charge in [-0.1, -0.05) is 71.2 Å². The van der Waals surface area contributed by atoms with Crippen LogP contribution in [0.4, 0.5) is 5.69 Å². The molecule has 1 amide bonds. The van der Waals surface area contributed by atoms with Gasteiger partial charge in [0.1, 0.15) is 0 Å². The number of carbonyl (C=O) groups excluding carboxylic acids is 2. The molecular formula is C26H23Cl3N2O2. The Hall–Kier alpha value is -2.37. The summed E-state index contributed by atoms with van der Waals surface area (Å²) in [5.74, 6) is -0.359. The van der Waals surface area contributed by atoms with Crippen LogP contribution in [0.1, 0.15) is 41.3 Å². The largest absolute Gasteiger partial charge is 0.324 e. The van der Waals surface area contributed by atoms with Gasteiger partial charge in [0.05, 0.1) is 21.3 Å². The molecule has 4 nitrogen and oxygen atoms in total. The minimum atomic E-state index is -0.737. The predicted molar refractivity (Wildman–Crippen MR) is 134 cm³/mol. The number of rotatable bonds is 6. The van der Waals surface area contributed by atoms with Gasteiger partial charge in [0.2, 0.25) is 5.91 Å². The zero-order valence-corrected chi connectivity index (χ0v) is 20.3. The van der Waals surface area contributed by atoms with E-state index in [1.807, 2.05) is 25.1 Å². The molecule has 1 unspecified atom stereocenters. The lowest BCUT2D eigenvalue weighted by Gasteiger charge is -2.34. The predicted octanol–water partition coefficient (Wildman–Crippen LogP) is 6.87. The molecule has 1 atom stereocenters. The summed E-state index contributed by atoms with van der Waals surface area (Å²) in [5, 5.41) is 4.42. The summed E-state index contributed by atoms with van der Waals surface area (Å²) < 4.78 is 0. The van der Waals surface area contributed by atoms with Gasteiger partial charge in [0.15, 0.2) is 5.78 Å². The minimum absolute atomic E-state index is 0.163. The molecule has 0 spiro atoms. The Morgan fingerprint density at radius 1 is 0.970 bits per heavy atom. The van der Waals surface area contributed by atoms with Crippen LogP contribution < -0.4 is 5.32 Å². The Bertz CT molecular complexity index is 1200. The van der Waals surface area contributed by atoms with Crippen LogP contribution in [-0.4, -0.2) is 28.7 Å². The van der Waals surface area contributed by atoms with Crippen LogP contribution in [0.25, 0.3) is 0 Å². The number of anilines is 1. The lowest BCUT2D eigenvalue weighted by atomic mass is 9.96. The summed E-state index contributed by atoms with van der Waals surface area (Å²) in [6, 6.07) is 19.4. The van der Waals surface area contributed by atoms with Crippen molar-refractivity contribution in [2.75, 3.05) is 11.9 Å². The number of nitrogens with zero attached hydrogens (tertiary/aromatic N) is 1. The zero-order valence-electron chi connectivity index (χ0n) is 18.1. The molecule has 170 valence electrons. The molecule has 1 heterocycles. The van der Waals surface area contributed by atoms with E-state index in [0.29, 0.717) is 44.8 Å². The third-order valence-electron chi connectivity index (χ3n) is 6.15. The smallest absolute Gasteiger partial charge is 0.244 e. The molecule has 7 heteroatoms. The fourth-order valence-corrected chi connectivity index (χ4v) is 4.70. The molecule has 0 aromatic heterocycles. The summed E-state index contributed by atoms with van der Waals surface area (Å²) in [4.78, 5) is 28.8. The first kappa shape index (κ1) is 23.8. The Balaban J connectivity index is 1.58. The van der Waals surface area contributed by atoms with E-state index in [2.05, 4.69) is 10.2 Å². The molecule has 1 fully saturated rings. The SMILES string of the molecule is CC1(C(=O)Nc2ccc(Cl)cc2C(=O)c2ccccc2)CCCN1Cc1ccc(Cl)c(Cl)c1. The molecule has 33 heavy (non-hydrogen) atoms. The van der Waals surface area contributed by atoms with Crippen LogP contribution >= 0.6 is 34.8 Å². The van der Waals surface area contributed by atoms with E-state index < -0.39 is 5.54 Å². The van der Waals surface area contributed by atoms with Crippen LogP contribution in [0, 0.1) is 0 Å². The van der Waals surface area contributed by atoms with Crippen molar-refractivity contribution < 1.29 is 9.59 Å². The van der Waals surface area contributed by atoms with Gasteiger partial charge in [-0.2, -0.15) is 0 Å². The van der Waals surface area contributed by atoms with Crippen molar-refractivity contribution in [1.82, 2.24) is 4.90 Å². The second-order valence-corrected chi connectivity index (χ2v) is 9.64. The maximum absolute atomic E-state index is 13.5. The highest BCUT2D eigenvalue weighted by molar-refractivity contribution is 6.42. The third kappa shape index (κ3) is 5.10. The number of hydrogen-bond donors (Lipinski definition) is 1. The summed E-state index contributed by atoms with van der Waals surface area (Å²) in [6.07, 6.45) is 1.59. The molecule has 0 bridgehead atoms. The number of likely N-dealkylation sites (tertiary alicyclic amines) is 1. The van der Waals surface area contributed by atoms with Crippen molar-refractivity contribution in [3.8, 4) is 0 Å². The van der Waals surface area contributed by atoms with E-state index in [0.717, 1.165) is 18.5 Å². The first-order chi connectivity index (χ1) is 15.8. The van der Waals surface area contributed by atoms with Crippen molar-refractivity contribution in [3.63, 3.8) is 0 Å². The number of carbonyl (C=O) groups is 2. The zero-order chi connectivity index (χ0) is 23.6. The second kappa shape index (κ2) is 9.86. The van der Waals surface area contributed by atoms with Gasteiger partial charge in [-0.25, -0.2) is 0 Å². The number of amides is 1. The van der Waals surface area contributed by atoms with Crippen LogP contribution in [0.2, 0.25) is 15.1 Å². The summed E-state index contributed by atoms with van der Waals surface area (Å²) in [6.45, 7) is 3.28. The van der Waals surface area contributed by atoms with Gasteiger partial charge in [-0.3, -0.25) is 14.5 Å². The van der Waals surface area contributed by atoms with E-state index in [4.69, 9.17) is 34.8 Å². The second-order valence-electron chi connectivity index (χ2n) is 8.39. The number of nitrogens with one attached hydrogen (secondary N) is 1. The minimum Gasteiger partial charge on any atom is -0.324 e. The number of ketones is 1.